The third-order valence-electron chi connectivity index (χ3n) is 7.99. The van der Waals surface area contributed by atoms with Crippen molar-refractivity contribution >= 4 is 35.0 Å². The third kappa shape index (κ3) is 5.75. The van der Waals surface area contributed by atoms with Crippen molar-refractivity contribution in [2.75, 3.05) is 44.7 Å². The minimum absolute atomic E-state index is 0.210. The monoisotopic (exact) mass is 596 g/mol. The van der Waals surface area contributed by atoms with Crippen LogP contribution in [0.2, 0.25) is 0 Å². The number of thiazole rings is 1. The molecule has 0 aliphatic carbocycles. The number of esters is 1. The highest BCUT2D eigenvalue weighted by molar-refractivity contribution is 7.07. The Morgan fingerprint density at radius 3 is 2.44 bits per heavy atom. The number of nitrogens with zero attached hydrogens (tertiary/aromatic N) is 4. The Morgan fingerprint density at radius 1 is 1.05 bits per heavy atom. The van der Waals surface area contributed by atoms with Crippen molar-refractivity contribution in [1.82, 2.24) is 9.47 Å². The van der Waals surface area contributed by atoms with Gasteiger partial charge in [0.2, 0.25) is 0 Å². The molecule has 2 aliphatic rings. The fourth-order valence-corrected chi connectivity index (χ4v) is 6.55. The Balaban J connectivity index is 1.51. The Morgan fingerprint density at radius 2 is 1.77 bits per heavy atom. The van der Waals surface area contributed by atoms with Crippen LogP contribution in [-0.4, -0.2) is 55.3 Å². The van der Waals surface area contributed by atoms with E-state index in [1.807, 2.05) is 54.6 Å². The van der Waals surface area contributed by atoms with Gasteiger partial charge in [-0.1, -0.05) is 79.8 Å². The second-order valence-corrected chi connectivity index (χ2v) is 12.2. The largest absolute Gasteiger partial charge is 0.463 e. The summed E-state index contributed by atoms with van der Waals surface area (Å²) in [7, 11) is 2.12. The van der Waals surface area contributed by atoms with Crippen molar-refractivity contribution in [1.29, 1.82) is 0 Å². The minimum atomic E-state index is -0.702. The first-order valence-electron chi connectivity index (χ1n) is 14.8. The highest BCUT2D eigenvalue weighted by Crippen LogP contribution is 2.35. The van der Waals surface area contributed by atoms with E-state index in [1.54, 1.807) is 17.6 Å². The number of carbonyl (C=O) groups excluding carboxylic acids is 1. The predicted octanol–water partition coefficient (Wildman–Crippen LogP) is 4.40. The van der Waals surface area contributed by atoms with Gasteiger partial charge in [0.05, 0.1) is 28.5 Å². The van der Waals surface area contributed by atoms with Gasteiger partial charge >= 0.3 is 5.97 Å². The van der Waals surface area contributed by atoms with Crippen molar-refractivity contribution in [2.24, 2.45) is 4.99 Å². The molecule has 0 bridgehead atoms. The number of benzene rings is 2. The van der Waals surface area contributed by atoms with E-state index < -0.39 is 12.0 Å². The summed E-state index contributed by atoms with van der Waals surface area (Å²) >= 11 is 1.30. The van der Waals surface area contributed by atoms with E-state index in [1.165, 1.54) is 16.9 Å². The van der Waals surface area contributed by atoms with Gasteiger partial charge in [-0.05, 0) is 37.1 Å². The van der Waals surface area contributed by atoms with Gasteiger partial charge in [0.25, 0.3) is 5.56 Å². The zero-order valence-electron chi connectivity index (χ0n) is 24.9. The maximum Gasteiger partial charge on any atom is 0.338 e. The van der Waals surface area contributed by atoms with Gasteiger partial charge in [0, 0.05) is 43.9 Å². The molecule has 43 heavy (non-hydrogen) atoms. The lowest BCUT2D eigenvalue weighted by atomic mass is 9.91. The lowest BCUT2D eigenvalue weighted by molar-refractivity contribution is -0.138. The topological polar surface area (TPSA) is 80.3 Å². The number of anilines is 1. The quantitative estimate of drug-likeness (QED) is 0.294. The van der Waals surface area contributed by atoms with Crippen LogP contribution in [0.15, 0.2) is 86.5 Å². The Kier molecular flexibility index (Phi) is 8.19. The zero-order valence-corrected chi connectivity index (χ0v) is 25.8. The van der Waals surface area contributed by atoms with Crippen LogP contribution in [0.1, 0.15) is 55.2 Å². The number of aromatic nitrogens is 1. The van der Waals surface area contributed by atoms with Crippen molar-refractivity contribution in [3.05, 3.63) is 114 Å². The highest BCUT2D eigenvalue weighted by Gasteiger charge is 2.35. The van der Waals surface area contributed by atoms with Crippen molar-refractivity contribution in [3.63, 3.8) is 0 Å². The van der Waals surface area contributed by atoms with Crippen LogP contribution in [-0.2, 0) is 9.53 Å². The number of rotatable bonds is 7. The molecular weight excluding hydrogens is 560 g/mol. The summed E-state index contributed by atoms with van der Waals surface area (Å²) in [6.07, 6.45) is 1.78. The maximum absolute atomic E-state index is 14.1. The van der Waals surface area contributed by atoms with Gasteiger partial charge in [0.1, 0.15) is 5.76 Å². The number of piperazine rings is 1. The Hall–Kier alpha value is -4.21. The molecule has 0 radical (unpaired) electrons. The van der Waals surface area contributed by atoms with E-state index in [2.05, 4.69) is 42.8 Å². The van der Waals surface area contributed by atoms with Crippen LogP contribution in [0, 0.1) is 0 Å². The summed E-state index contributed by atoms with van der Waals surface area (Å²) in [4.78, 5) is 37.8. The summed E-state index contributed by atoms with van der Waals surface area (Å²) in [5.41, 5.74) is 3.41. The molecule has 2 aromatic heterocycles. The lowest BCUT2D eigenvalue weighted by Gasteiger charge is -2.32. The Bertz CT molecular complexity index is 1830. The average molecular weight is 597 g/mol. The van der Waals surface area contributed by atoms with E-state index >= 15 is 0 Å². The van der Waals surface area contributed by atoms with Gasteiger partial charge in [-0.15, -0.1) is 0 Å². The summed E-state index contributed by atoms with van der Waals surface area (Å²) in [6, 6.07) is 20.9. The molecule has 0 unspecified atom stereocenters. The molecule has 4 aromatic rings. The summed E-state index contributed by atoms with van der Waals surface area (Å²) in [6.45, 7) is 9.99. The molecule has 4 heterocycles. The lowest BCUT2D eigenvalue weighted by Crippen LogP contribution is -2.44. The number of hydrogen-bond donors (Lipinski definition) is 0. The molecule has 1 saturated heterocycles. The first kappa shape index (κ1) is 28.9. The summed E-state index contributed by atoms with van der Waals surface area (Å²) in [5, 5.41) is 0. The molecule has 8 nitrogen and oxygen atoms in total. The van der Waals surface area contributed by atoms with Crippen LogP contribution < -0.4 is 19.8 Å². The van der Waals surface area contributed by atoms with Crippen LogP contribution >= 0.6 is 11.3 Å². The van der Waals surface area contributed by atoms with E-state index in [0.29, 0.717) is 32.3 Å². The normalized spacial score (nSPS) is 17.7. The molecule has 222 valence electrons. The molecule has 0 saturated carbocycles. The molecule has 2 aromatic carbocycles. The van der Waals surface area contributed by atoms with Gasteiger partial charge in [-0.3, -0.25) is 9.36 Å². The maximum atomic E-state index is 14.1. The summed E-state index contributed by atoms with van der Waals surface area (Å²) < 4.78 is 13.9. The minimum Gasteiger partial charge on any atom is -0.463 e. The van der Waals surface area contributed by atoms with Crippen molar-refractivity contribution in [2.45, 2.75) is 32.7 Å². The van der Waals surface area contributed by atoms with Gasteiger partial charge in [0.15, 0.2) is 10.7 Å². The van der Waals surface area contributed by atoms with Gasteiger partial charge in [-0.2, -0.15) is 0 Å². The smallest absolute Gasteiger partial charge is 0.338 e. The fourth-order valence-electron chi connectivity index (χ4n) is 5.56. The molecule has 9 heteroatoms. The highest BCUT2D eigenvalue weighted by atomic mass is 32.1. The predicted molar refractivity (Wildman–Crippen MR) is 170 cm³/mol. The number of ether oxygens (including phenoxy) is 1. The zero-order chi connectivity index (χ0) is 30.1. The Labute approximate surface area is 254 Å². The molecular formula is C34H36N4O4S. The molecule has 0 spiro atoms. The van der Waals surface area contributed by atoms with Crippen molar-refractivity contribution in [3.8, 4) is 0 Å². The van der Waals surface area contributed by atoms with Crippen LogP contribution in [0.25, 0.3) is 11.8 Å². The van der Waals surface area contributed by atoms with Crippen LogP contribution in [0.4, 0.5) is 5.88 Å². The van der Waals surface area contributed by atoms with Crippen LogP contribution in [0.5, 0.6) is 0 Å². The molecule has 1 fully saturated rings. The molecule has 0 N–H and O–H groups in total. The third-order valence-corrected chi connectivity index (χ3v) is 8.98. The molecule has 6 rings (SSSR count). The average Bonchev–Trinajstić information content (AvgIpc) is 3.61. The van der Waals surface area contributed by atoms with E-state index in [0.717, 1.165) is 43.2 Å². The number of carbonyl (C=O) groups is 1. The number of hydrogen-bond acceptors (Lipinski definition) is 8. The number of likely N-dealkylation sites (N-methyl/N-ethyl adjacent to an activating group) is 1. The molecule has 2 aliphatic heterocycles. The summed E-state index contributed by atoms with van der Waals surface area (Å²) in [5.74, 6) is 1.26. The van der Waals surface area contributed by atoms with E-state index in [4.69, 9.17) is 14.1 Å². The number of fused-ring (bicyclic) bond motifs is 1. The van der Waals surface area contributed by atoms with Gasteiger partial charge < -0.3 is 19.0 Å². The van der Waals surface area contributed by atoms with Gasteiger partial charge in [-0.25, -0.2) is 9.79 Å². The second kappa shape index (κ2) is 12.2. The standard InChI is InChI=1S/C34H36N4O4S/c1-5-41-33(40)29-30(24-9-7-6-8-10-24)35-34-38(31(29)25-13-11-23(12-14-25)22(2)3)32(39)27(43-34)21-26-15-16-28(42-26)37-19-17-36(4)18-20-37/h6-16,21-22,31H,5,17-20H2,1-4H3/b27-21+/t31-/m1/s1. The first-order chi connectivity index (χ1) is 20.8. The van der Waals surface area contributed by atoms with E-state index in [9.17, 15) is 9.59 Å². The second-order valence-electron chi connectivity index (χ2n) is 11.2. The molecule has 0 amide bonds. The number of furan rings is 1. The van der Waals surface area contributed by atoms with E-state index in [-0.39, 0.29) is 12.2 Å². The SMILES string of the molecule is CCOC(=O)C1=C(c2ccccc2)N=c2s/c(=C/c3ccc(N4CCN(C)CC4)o3)c(=O)n2[C@@H]1c1ccc(C(C)C)cc1. The van der Waals surface area contributed by atoms with Crippen molar-refractivity contribution < 1.29 is 13.9 Å². The molecule has 1 atom stereocenters. The fraction of sp³-hybridized carbons (Fsp3) is 0.324. The van der Waals surface area contributed by atoms with Crippen LogP contribution in [0.3, 0.4) is 0 Å². The first-order valence-corrected chi connectivity index (χ1v) is 15.6.